The zero-order valence-electron chi connectivity index (χ0n) is 9.51. The van der Waals surface area contributed by atoms with Gasteiger partial charge in [-0.3, -0.25) is 4.79 Å². The Balaban J connectivity index is 2.33. The van der Waals surface area contributed by atoms with Crippen LogP contribution >= 0.6 is 11.6 Å². The molecule has 2 rings (SSSR count). The molecule has 17 heavy (non-hydrogen) atoms. The van der Waals surface area contributed by atoms with E-state index in [-0.39, 0.29) is 11.8 Å². The largest absolute Gasteiger partial charge is 0.330 e. The molecule has 0 N–H and O–H groups in total. The van der Waals surface area contributed by atoms with Crippen molar-refractivity contribution in [3.8, 4) is 0 Å². The quantitative estimate of drug-likeness (QED) is 0.833. The minimum atomic E-state index is -0.00716. The van der Waals surface area contributed by atoms with Crippen LogP contribution in [0.4, 0.5) is 0 Å². The van der Waals surface area contributed by atoms with Gasteiger partial charge in [0.2, 0.25) is 0 Å². The number of ketones is 1. The average molecular weight is 249 g/mol. The predicted octanol–water partition coefficient (Wildman–Crippen LogP) is 3.11. The highest BCUT2D eigenvalue weighted by Gasteiger charge is 2.15. The molecule has 2 aromatic rings. The molecule has 0 aliphatic heterocycles. The summed E-state index contributed by atoms with van der Waals surface area (Å²) in [4.78, 5) is 15.3. The van der Waals surface area contributed by atoms with Crippen LogP contribution in [0, 0.1) is 0 Å². The van der Waals surface area contributed by atoms with Gasteiger partial charge in [0.25, 0.3) is 0 Å². The lowest BCUT2D eigenvalue weighted by Gasteiger charge is -2.17. The van der Waals surface area contributed by atoms with Gasteiger partial charge in [0.15, 0.2) is 0 Å². The van der Waals surface area contributed by atoms with Crippen LogP contribution in [-0.4, -0.2) is 15.3 Å². The van der Waals surface area contributed by atoms with Crippen molar-refractivity contribution < 1.29 is 4.79 Å². The third-order valence-electron chi connectivity index (χ3n) is 2.62. The molecule has 1 aromatic carbocycles. The molecule has 0 fully saturated rings. The molecule has 1 heterocycles. The van der Waals surface area contributed by atoms with E-state index in [1.807, 2.05) is 35.0 Å². The molecule has 4 heteroatoms. The van der Waals surface area contributed by atoms with Crippen molar-refractivity contribution in [2.75, 3.05) is 0 Å². The monoisotopic (exact) mass is 248 g/mol. The summed E-state index contributed by atoms with van der Waals surface area (Å²) in [6.07, 6.45) is 5.76. The first-order valence-electron chi connectivity index (χ1n) is 5.39. The summed E-state index contributed by atoms with van der Waals surface area (Å²) in [5.41, 5.74) is 1.06. The molecular formula is C13H13ClN2O. The van der Waals surface area contributed by atoms with Gasteiger partial charge in [-0.2, -0.15) is 0 Å². The molecular weight excluding hydrogens is 236 g/mol. The second kappa shape index (κ2) is 5.15. The number of halogens is 1. The van der Waals surface area contributed by atoms with Crippen molar-refractivity contribution in [1.82, 2.24) is 9.55 Å². The zero-order chi connectivity index (χ0) is 12.3. The van der Waals surface area contributed by atoms with Gasteiger partial charge in [-0.15, -0.1) is 0 Å². The van der Waals surface area contributed by atoms with E-state index >= 15 is 0 Å². The molecule has 0 radical (unpaired) electrons. The number of benzene rings is 1. The third kappa shape index (κ3) is 2.94. The minimum absolute atomic E-state index is 0.00716. The Labute approximate surface area is 105 Å². The van der Waals surface area contributed by atoms with Gasteiger partial charge in [-0.25, -0.2) is 4.98 Å². The fourth-order valence-corrected chi connectivity index (χ4v) is 1.93. The molecule has 0 spiro atoms. The van der Waals surface area contributed by atoms with E-state index < -0.39 is 0 Å². The number of imidazole rings is 1. The SMILES string of the molecule is CC(=O)CC(c1ccc(Cl)cc1)n1ccnc1. The Morgan fingerprint density at radius 1 is 1.41 bits per heavy atom. The maximum atomic E-state index is 11.3. The highest BCUT2D eigenvalue weighted by Crippen LogP contribution is 2.23. The smallest absolute Gasteiger partial charge is 0.132 e. The molecule has 0 aliphatic carbocycles. The number of carbonyl (C=O) groups is 1. The normalized spacial score (nSPS) is 12.4. The van der Waals surface area contributed by atoms with Crippen LogP contribution in [0.15, 0.2) is 43.0 Å². The lowest BCUT2D eigenvalue weighted by molar-refractivity contribution is -0.117. The molecule has 0 aliphatic rings. The fraction of sp³-hybridized carbons (Fsp3) is 0.231. The summed E-state index contributed by atoms with van der Waals surface area (Å²) < 4.78 is 1.94. The fourth-order valence-electron chi connectivity index (χ4n) is 1.81. The molecule has 1 unspecified atom stereocenters. The van der Waals surface area contributed by atoms with Crippen molar-refractivity contribution in [2.45, 2.75) is 19.4 Å². The van der Waals surface area contributed by atoms with Crippen LogP contribution in [0.25, 0.3) is 0 Å². The van der Waals surface area contributed by atoms with Crippen LogP contribution in [0.3, 0.4) is 0 Å². The summed E-state index contributed by atoms with van der Waals surface area (Å²) in [6, 6.07) is 7.54. The van der Waals surface area contributed by atoms with Gasteiger partial charge in [0.1, 0.15) is 5.78 Å². The second-order valence-corrected chi connectivity index (χ2v) is 4.42. The Bertz CT molecular complexity index is 491. The Hall–Kier alpha value is -1.61. The van der Waals surface area contributed by atoms with Crippen LogP contribution in [-0.2, 0) is 4.79 Å². The Kier molecular flexibility index (Phi) is 3.59. The Morgan fingerprint density at radius 3 is 2.65 bits per heavy atom. The zero-order valence-corrected chi connectivity index (χ0v) is 10.3. The van der Waals surface area contributed by atoms with Gasteiger partial charge in [0, 0.05) is 23.8 Å². The predicted molar refractivity (Wildman–Crippen MR) is 67.1 cm³/mol. The maximum absolute atomic E-state index is 11.3. The van der Waals surface area contributed by atoms with E-state index in [0.717, 1.165) is 5.56 Å². The average Bonchev–Trinajstić information content (AvgIpc) is 2.80. The summed E-state index contributed by atoms with van der Waals surface area (Å²) in [5.74, 6) is 0.152. The maximum Gasteiger partial charge on any atom is 0.132 e. The van der Waals surface area contributed by atoms with Crippen molar-refractivity contribution in [2.24, 2.45) is 0 Å². The lowest BCUT2D eigenvalue weighted by atomic mass is 10.0. The van der Waals surface area contributed by atoms with Crippen molar-refractivity contribution in [1.29, 1.82) is 0 Å². The number of aromatic nitrogens is 2. The van der Waals surface area contributed by atoms with Gasteiger partial charge in [0.05, 0.1) is 12.4 Å². The molecule has 0 saturated heterocycles. The van der Waals surface area contributed by atoms with Crippen LogP contribution in [0.1, 0.15) is 24.9 Å². The highest BCUT2D eigenvalue weighted by atomic mass is 35.5. The number of rotatable bonds is 4. The van der Waals surface area contributed by atoms with Crippen LogP contribution < -0.4 is 0 Å². The number of nitrogens with zero attached hydrogens (tertiary/aromatic N) is 2. The van der Waals surface area contributed by atoms with Gasteiger partial charge < -0.3 is 4.57 Å². The molecule has 0 amide bonds. The first-order valence-corrected chi connectivity index (χ1v) is 5.77. The molecule has 88 valence electrons. The van der Waals surface area contributed by atoms with Gasteiger partial charge in [-0.1, -0.05) is 23.7 Å². The van der Waals surface area contributed by atoms with Gasteiger partial charge >= 0.3 is 0 Å². The molecule has 1 aromatic heterocycles. The highest BCUT2D eigenvalue weighted by molar-refractivity contribution is 6.30. The van der Waals surface area contributed by atoms with E-state index in [9.17, 15) is 4.79 Å². The summed E-state index contributed by atoms with van der Waals surface area (Å²) in [5, 5.41) is 0.695. The topological polar surface area (TPSA) is 34.9 Å². The molecule has 1 atom stereocenters. The van der Waals surface area contributed by atoms with E-state index in [0.29, 0.717) is 11.4 Å². The Morgan fingerprint density at radius 2 is 2.12 bits per heavy atom. The number of Topliss-reactive ketones (excluding diaryl/α,β-unsaturated/α-hetero) is 1. The third-order valence-corrected chi connectivity index (χ3v) is 2.87. The number of hydrogen-bond donors (Lipinski definition) is 0. The summed E-state index contributed by atoms with van der Waals surface area (Å²) in [7, 11) is 0. The molecule has 0 bridgehead atoms. The molecule has 0 saturated carbocycles. The summed E-state index contributed by atoms with van der Waals surface area (Å²) in [6.45, 7) is 1.60. The second-order valence-electron chi connectivity index (χ2n) is 3.98. The van der Waals surface area contributed by atoms with Crippen molar-refractivity contribution in [3.63, 3.8) is 0 Å². The number of hydrogen-bond acceptors (Lipinski definition) is 2. The minimum Gasteiger partial charge on any atom is -0.330 e. The van der Waals surface area contributed by atoms with E-state index in [1.165, 1.54) is 0 Å². The van der Waals surface area contributed by atoms with E-state index in [1.54, 1.807) is 19.4 Å². The van der Waals surface area contributed by atoms with Gasteiger partial charge in [-0.05, 0) is 24.6 Å². The van der Waals surface area contributed by atoms with Crippen LogP contribution in [0.5, 0.6) is 0 Å². The lowest BCUT2D eigenvalue weighted by Crippen LogP contribution is -2.12. The van der Waals surface area contributed by atoms with Crippen LogP contribution in [0.2, 0.25) is 5.02 Å². The van der Waals surface area contributed by atoms with Crippen molar-refractivity contribution >= 4 is 17.4 Å². The van der Waals surface area contributed by atoms with Crippen molar-refractivity contribution in [3.05, 3.63) is 53.6 Å². The van der Waals surface area contributed by atoms with E-state index in [4.69, 9.17) is 11.6 Å². The number of carbonyl (C=O) groups excluding carboxylic acids is 1. The van der Waals surface area contributed by atoms with E-state index in [2.05, 4.69) is 4.98 Å². The first kappa shape index (κ1) is 11.9. The first-order chi connectivity index (χ1) is 8.16. The standard InChI is InChI=1S/C13H13ClN2O/c1-10(17)8-13(16-7-6-15-9-16)11-2-4-12(14)5-3-11/h2-7,9,13H,8H2,1H3. The summed E-state index contributed by atoms with van der Waals surface area (Å²) >= 11 is 5.86. The molecule has 3 nitrogen and oxygen atoms in total.